The van der Waals surface area contributed by atoms with E-state index in [2.05, 4.69) is 16.3 Å². The van der Waals surface area contributed by atoms with E-state index in [-0.39, 0.29) is 11.9 Å². The molecule has 0 radical (unpaired) electrons. The maximum absolute atomic E-state index is 14.0. The van der Waals surface area contributed by atoms with Crippen molar-refractivity contribution in [2.45, 2.75) is 12.5 Å². The second-order valence-corrected chi connectivity index (χ2v) is 6.14. The van der Waals surface area contributed by atoms with Crippen LogP contribution in [0.4, 0.5) is 4.39 Å². The van der Waals surface area contributed by atoms with Crippen molar-refractivity contribution in [3.05, 3.63) is 57.0 Å². The number of hydrogen-bond donors (Lipinski definition) is 1. The first-order valence-electron chi connectivity index (χ1n) is 6.50. The third kappa shape index (κ3) is 3.58. The van der Waals surface area contributed by atoms with Crippen LogP contribution in [0.5, 0.6) is 0 Å². The number of hydrogen-bond acceptors (Lipinski definition) is 3. The molecule has 2 rings (SSSR count). The van der Waals surface area contributed by atoms with E-state index >= 15 is 0 Å². The number of benzene rings is 1. The van der Waals surface area contributed by atoms with Gasteiger partial charge in [0.1, 0.15) is 5.82 Å². The first-order valence-corrected chi connectivity index (χ1v) is 7.76. The van der Waals surface area contributed by atoms with Gasteiger partial charge in [-0.1, -0.05) is 23.7 Å². The zero-order chi connectivity index (χ0) is 14.5. The van der Waals surface area contributed by atoms with E-state index in [9.17, 15) is 4.39 Å². The smallest absolute Gasteiger partial charge is 0.129 e. The van der Waals surface area contributed by atoms with Crippen LogP contribution in [-0.4, -0.2) is 25.0 Å². The molecule has 5 heteroatoms. The number of nitrogens with zero attached hydrogens (tertiary/aromatic N) is 1. The molecule has 2 N–H and O–H groups in total. The summed E-state index contributed by atoms with van der Waals surface area (Å²) in [6, 6.07) is 8.68. The van der Waals surface area contributed by atoms with Gasteiger partial charge in [-0.05, 0) is 37.0 Å². The van der Waals surface area contributed by atoms with Gasteiger partial charge in [0, 0.05) is 28.6 Å². The lowest BCUT2D eigenvalue weighted by Gasteiger charge is -2.28. The van der Waals surface area contributed by atoms with E-state index < -0.39 is 0 Å². The molecule has 0 saturated heterocycles. The Balaban J connectivity index is 2.11. The average molecular weight is 313 g/mol. The van der Waals surface area contributed by atoms with Crippen molar-refractivity contribution < 1.29 is 4.39 Å². The molecule has 0 aliphatic carbocycles. The second kappa shape index (κ2) is 7.18. The van der Waals surface area contributed by atoms with E-state index in [1.807, 2.05) is 13.1 Å². The van der Waals surface area contributed by atoms with Gasteiger partial charge in [0.2, 0.25) is 0 Å². The molecular weight excluding hydrogens is 295 g/mol. The highest BCUT2D eigenvalue weighted by Crippen LogP contribution is 2.29. The van der Waals surface area contributed by atoms with Gasteiger partial charge in [-0.25, -0.2) is 4.39 Å². The van der Waals surface area contributed by atoms with Crippen LogP contribution in [0, 0.1) is 5.82 Å². The summed E-state index contributed by atoms with van der Waals surface area (Å²) >= 11 is 7.85. The largest absolute Gasteiger partial charge is 0.329 e. The molecule has 0 spiro atoms. The lowest BCUT2D eigenvalue weighted by atomic mass is 10.0. The summed E-state index contributed by atoms with van der Waals surface area (Å²) in [7, 11) is 1.95. The predicted octanol–water partition coefficient (Wildman–Crippen LogP) is 3.71. The summed E-state index contributed by atoms with van der Waals surface area (Å²) in [6.07, 6.45) is 0.927. The number of likely N-dealkylation sites (N-methyl/N-ethyl adjacent to an activating group) is 1. The minimum Gasteiger partial charge on any atom is -0.329 e. The van der Waals surface area contributed by atoms with Gasteiger partial charge in [-0.2, -0.15) is 0 Å². The number of nitrogens with two attached hydrogens (primary N) is 1. The van der Waals surface area contributed by atoms with Crippen LogP contribution in [-0.2, 0) is 6.42 Å². The Hall–Kier alpha value is -0.940. The normalized spacial score (nSPS) is 12.8. The molecule has 0 saturated carbocycles. The van der Waals surface area contributed by atoms with E-state index in [1.54, 1.807) is 23.5 Å². The van der Waals surface area contributed by atoms with Crippen LogP contribution in [0.3, 0.4) is 0 Å². The van der Waals surface area contributed by atoms with E-state index in [1.165, 1.54) is 10.9 Å². The molecule has 1 heterocycles. The summed E-state index contributed by atoms with van der Waals surface area (Å²) in [6.45, 7) is 1.15. The van der Waals surface area contributed by atoms with Crippen LogP contribution < -0.4 is 5.73 Å². The lowest BCUT2D eigenvalue weighted by Crippen LogP contribution is -2.32. The van der Waals surface area contributed by atoms with Gasteiger partial charge in [0.05, 0.1) is 6.04 Å². The van der Waals surface area contributed by atoms with Crippen LogP contribution >= 0.6 is 22.9 Å². The van der Waals surface area contributed by atoms with Gasteiger partial charge in [-0.3, -0.25) is 4.90 Å². The summed E-state index contributed by atoms with van der Waals surface area (Å²) in [5.74, 6) is -0.295. The molecule has 2 aromatic rings. The first kappa shape index (κ1) is 15.4. The maximum Gasteiger partial charge on any atom is 0.129 e. The minimum atomic E-state index is -0.295. The Kier molecular flexibility index (Phi) is 5.54. The van der Waals surface area contributed by atoms with E-state index in [0.717, 1.165) is 13.0 Å². The molecule has 2 nitrogen and oxygen atoms in total. The Labute approximate surface area is 128 Å². The lowest BCUT2D eigenvalue weighted by molar-refractivity contribution is 0.248. The van der Waals surface area contributed by atoms with Crippen molar-refractivity contribution in [3.63, 3.8) is 0 Å². The summed E-state index contributed by atoms with van der Waals surface area (Å²) in [5, 5.41) is 2.49. The summed E-state index contributed by atoms with van der Waals surface area (Å²) in [4.78, 5) is 3.37. The van der Waals surface area contributed by atoms with Crippen molar-refractivity contribution in [2.75, 3.05) is 20.1 Å². The van der Waals surface area contributed by atoms with Crippen molar-refractivity contribution in [2.24, 2.45) is 5.73 Å². The Morgan fingerprint density at radius 1 is 1.35 bits per heavy atom. The minimum absolute atomic E-state index is 0.205. The molecule has 0 aliphatic heterocycles. The topological polar surface area (TPSA) is 29.3 Å². The fourth-order valence-corrected chi connectivity index (χ4v) is 3.23. The van der Waals surface area contributed by atoms with Gasteiger partial charge in [-0.15, -0.1) is 11.3 Å². The fourth-order valence-electron chi connectivity index (χ4n) is 2.24. The zero-order valence-electron chi connectivity index (χ0n) is 11.4. The predicted molar refractivity (Wildman–Crippen MR) is 83.9 cm³/mol. The van der Waals surface area contributed by atoms with Gasteiger partial charge < -0.3 is 5.73 Å². The number of thiophene rings is 1. The van der Waals surface area contributed by atoms with Crippen molar-refractivity contribution in [3.8, 4) is 0 Å². The Morgan fingerprint density at radius 3 is 2.75 bits per heavy atom. The number of halogens is 2. The standard InChI is InChI=1S/C15H18ClFN2S/c1-19(8-7-11-4-3-9-20-11)14(10-18)15-12(16)5-2-6-13(15)17/h2-6,9,14H,7-8,10,18H2,1H3. The summed E-state index contributed by atoms with van der Waals surface area (Å²) < 4.78 is 14.0. The second-order valence-electron chi connectivity index (χ2n) is 4.70. The molecule has 1 atom stereocenters. The number of rotatable bonds is 6. The third-order valence-electron chi connectivity index (χ3n) is 3.38. The molecule has 108 valence electrons. The molecular formula is C15H18ClFN2S. The average Bonchev–Trinajstić information content (AvgIpc) is 2.93. The van der Waals surface area contributed by atoms with Crippen LogP contribution in [0.2, 0.25) is 5.02 Å². The zero-order valence-corrected chi connectivity index (χ0v) is 12.9. The highest BCUT2D eigenvalue weighted by molar-refractivity contribution is 7.09. The Bertz CT molecular complexity index is 525. The first-order chi connectivity index (χ1) is 9.63. The SMILES string of the molecule is CN(CCc1cccs1)C(CN)c1c(F)cccc1Cl. The van der Waals surface area contributed by atoms with Crippen LogP contribution in [0.25, 0.3) is 0 Å². The molecule has 0 fully saturated rings. The molecule has 0 amide bonds. The molecule has 0 bridgehead atoms. The van der Waals surface area contributed by atoms with Crippen molar-refractivity contribution in [1.29, 1.82) is 0 Å². The monoisotopic (exact) mass is 312 g/mol. The highest BCUT2D eigenvalue weighted by Gasteiger charge is 2.21. The fraction of sp³-hybridized carbons (Fsp3) is 0.333. The maximum atomic E-state index is 14.0. The van der Waals surface area contributed by atoms with Gasteiger partial charge in [0.25, 0.3) is 0 Å². The molecule has 1 unspecified atom stereocenters. The van der Waals surface area contributed by atoms with Gasteiger partial charge in [0.15, 0.2) is 0 Å². The van der Waals surface area contributed by atoms with Crippen molar-refractivity contribution in [1.82, 2.24) is 4.90 Å². The molecule has 1 aromatic heterocycles. The molecule has 20 heavy (non-hydrogen) atoms. The highest BCUT2D eigenvalue weighted by atomic mass is 35.5. The molecule has 0 aliphatic rings. The molecule has 1 aromatic carbocycles. The quantitative estimate of drug-likeness (QED) is 0.881. The third-order valence-corrected chi connectivity index (χ3v) is 4.65. The van der Waals surface area contributed by atoms with E-state index in [0.29, 0.717) is 17.1 Å². The van der Waals surface area contributed by atoms with Crippen LogP contribution in [0.15, 0.2) is 35.7 Å². The van der Waals surface area contributed by atoms with Crippen LogP contribution in [0.1, 0.15) is 16.5 Å². The van der Waals surface area contributed by atoms with E-state index in [4.69, 9.17) is 17.3 Å². The summed E-state index contributed by atoms with van der Waals surface area (Å²) in [5.41, 5.74) is 6.32. The van der Waals surface area contributed by atoms with Crippen molar-refractivity contribution >= 4 is 22.9 Å². The van der Waals surface area contributed by atoms with Gasteiger partial charge >= 0.3 is 0 Å². The Morgan fingerprint density at radius 2 is 2.15 bits per heavy atom.